The minimum Gasteiger partial charge on any atom is -0.354 e. The first-order chi connectivity index (χ1) is 25.1. The molecule has 1 heterocycles. The van der Waals surface area contributed by atoms with Crippen LogP contribution in [0.5, 0.6) is 0 Å². The summed E-state index contributed by atoms with van der Waals surface area (Å²) in [5.74, 6) is 0.629. The van der Waals surface area contributed by atoms with Gasteiger partial charge >= 0.3 is 0 Å². The number of hydrogen-bond acceptors (Lipinski definition) is 2. The highest BCUT2D eigenvalue weighted by molar-refractivity contribution is 6.14. The lowest BCUT2D eigenvalue weighted by atomic mass is 9.89. The van der Waals surface area contributed by atoms with Gasteiger partial charge in [0.1, 0.15) is 0 Å². The third-order valence-electron chi connectivity index (χ3n) is 10.0. The third-order valence-corrected chi connectivity index (χ3v) is 10.0. The van der Waals surface area contributed by atoms with E-state index in [1.165, 1.54) is 50.1 Å². The van der Waals surface area contributed by atoms with Crippen molar-refractivity contribution in [3.8, 4) is 44.5 Å². The molecule has 3 heteroatoms. The van der Waals surface area contributed by atoms with Gasteiger partial charge in [-0.1, -0.05) is 158 Å². The zero-order valence-corrected chi connectivity index (χ0v) is 28.4. The lowest BCUT2D eigenvalue weighted by molar-refractivity contribution is 1.26. The van der Waals surface area contributed by atoms with E-state index in [1.807, 2.05) is 60.7 Å². The van der Waals surface area contributed by atoms with Gasteiger partial charge in [0.15, 0.2) is 5.84 Å². The fourth-order valence-corrected chi connectivity index (χ4v) is 7.53. The van der Waals surface area contributed by atoms with Crippen LogP contribution in [0.1, 0.15) is 34.7 Å². The molecule has 0 fully saturated rings. The Morgan fingerprint density at radius 2 is 1.06 bits per heavy atom. The molecule has 0 unspecified atom stereocenters. The van der Waals surface area contributed by atoms with Gasteiger partial charge in [0.05, 0.1) is 11.4 Å². The van der Waals surface area contributed by atoms with Crippen LogP contribution in [0.2, 0.25) is 0 Å². The molecule has 1 N–H and O–H groups in total. The molecule has 7 aromatic rings. The summed E-state index contributed by atoms with van der Waals surface area (Å²) < 4.78 is 0. The minimum atomic E-state index is 0.629. The summed E-state index contributed by atoms with van der Waals surface area (Å²) in [6, 6.07) is 57.8. The van der Waals surface area contributed by atoms with Crippen LogP contribution in [0.25, 0.3) is 50.2 Å². The number of nitrogens with zero attached hydrogens (tertiary/aromatic N) is 2. The van der Waals surface area contributed by atoms with Crippen LogP contribution in [0, 0.1) is 0 Å². The summed E-state index contributed by atoms with van der Waals surface area (Å²) in [6.07, 6.45) is 0.966. The molecule has 0 saturated carbocycles. The summed E-state index contributed by atoms with van der Waals surface area (Å²) in [5.41, 5.74) is 19.3. The highest BCUT2D eigenvalue weighted by Gasteiger charge is 2.26. The monoisotopic (exact) mass is 653 g/mol. The van der Waals surface area contributed by atoms with Gasteiger partial charge < -0.3 is 5.32 Å². The number of benzene rings is 7. The Kier molecular flexibility index (Phi) is 7.59. The molecule has 0 saturated heterocycles. The number of amidine groups is 1. The molecule has 2 aliphatic rings. The van der Waals surface area contributed by atoms with Crippen LogP contribution in [-0.2, 0) is 6.42 Å². The second-order valence-corrected chi connectivity index (χ2v) is 13.1. The molecule has 1 aliphatic heterocycles. The number of para-hydroxylation sites is 1. The quantitative estimate of drug-likeness (QED) is 0.146. The van der Waals surface area contributed by atoms with E-state index in [0.29, 0.717) is 11.5 Å². The summed E-state index contributed by atoms with van der Waals surface area (Å²) >= 11 is 0. The van der Waals surface area contributed by atoms with Gasteiger partial charge in [0.25, 0.3) is 0 Å². The average Bonchev–Trinajstić information content (AvgIpc) is 3.51. The van der Waals surface area contributed by atoms with Crippen LogP contribution >= 0.6 is 0 Å². The molecule has 51 heavy (non-hydrogen) atoms. The standard InChI is InChI=1S/C48H35N3/c1-31(33-15-5-3-6-16-33)49-48(34-17-7-4-8-18-34)50-32(2)35-27-28-45-44(30-35)40-23-12-11-22-39(40)42-25-14-26-43(47(42)51-45)41-24-13-20-37-29-36-19-9-10-21-38(36)46(37)41/h3-28,30,51H,1,29H2,2H3. The summed E-state index contributed by atoms with van der Waals surface area (Å²) in [4.78, 5) is 10.1. The zero-order valence-electron chi connectivity index (χ0n) is 28.4. The Labute approximate surface area is 299 Å². The normalized spacial score (nSPS) is 12.8. The second kappa shape index (κ2) is 12.7. The van der Waals surface area contributed by atoms with E-state index < -0.39 is 0 Å². The molecule has 9 rings (SSSR count). The van der Waals surface area contributed by atoms with E-state index in [1.54, 1.807) is 0 Å². The Morgan fingerprint density at radius 1 is 0.490 bits per heavy atom. The number of fused-ring (bicyclic) bond motifs is 8. The highest BCUT2D eigenvalue weighted by Crippen LogP contribution is 2.50. The molecular weight excluding hydrogens is 619 g/mol. The molecule has 0 bridgehead atoms. The van der Waals surface area contributed by atoms with Crippen LogP contribution in [0.15, 0.2) is 180 Å². The topological polar surface area (TPSA) is 36.8 Å². The first kappa shape index (κ1) is 30.5. The van der Waals surface area contributed by atoms with Crippen molar-refractivity contribution in [3.05, 3.63) is 198 Å². The SMILES string of the molecule is C=C(N=C(N=C(C)c1ccc2c(c1)-c1ccccc1-c1cccc(-c3cccc4c3-c3ccccc3C4)c1N2)c1ccccc1)c1ccccc1. The highest BCUT2D eigenvalue weighted by atomic mass is 14.9. The van der Waals surface area contributed by atoms with Crippen molar-refractivity contribution < 1.29 is 0 Å². The van der Waals surface area contributed by atoms with Crippen molar-refractivity contribution in [2.75, 3.05) is 5.32 Å². The maximum Gasteiger partial charge on any atom is 0.160 e. The fourth-order valence-electron chi connectivity index (χ4n) is 7.53. The Hall–Kier alpha value is -6.58. The zero-order chi connectivity index (χ0) is 34.3. The average molecular weight is 654 g/mol. The van der Waals surface area contributed by atoms with Crippen LogP contribution in [0.3, 0.4) is 0 Å². The summed E-state index contributed by atoms with van der Waals surface area (Å²) in [7, 11) is 0. The minimum absolute atomic E-state index is 0.629. The van der Waals surface area contributed by atoms with Crippen molar-refractivity contribution in [3.63, 3.8) is 0 Å². The summed E-state index contributed by atoms with van der Waals surface area (Å²) in [5, 5.41) is 3.93. The lowest BCUT2D eigenvalue weighted by Crippen LogP contribution is -2.05. The van der Waals surface area contributed by atoms with Crippen LogP contribution in [-0.4, -0.2) is 11.5 Å². The Morgan fingerprint density at radius 3 is 1.82 bits per heavy atom. The lowest BCUT2D eigenvalue weighted by Gasteiger charge is -2.18. The molecule has 1 aliphatic carbocycles. The van der Waals surface area contributed by atoms with E-state index in [-0.39, 0.29) is 0 Å². The molecule has 0 atom stereocenters. The second-order valence-electron chi connectivity index (χ2n) is 13.1. The van der Waals surface area contributed by atoms with E-state index >= 15 is 0 Å². The van der Waals surface area contributed by atoms with Crippen molar-refractivity contribution >= 4 is 28.6 Å². The van der Waals surface area contributed by atoms with E-state index in [0.717, 1.165) is 45.8 Å². The maximum atomic E-state index is 5.14. The predicted octanol–water partition coefficient (Wildman–Crippen LogP) is 12.2. The smallest absolute Gasteiger partial charge is 0.160 e. The van der Waals surface area contributed by atoms with Gasteiger partial charge in [-0.25, -0.2) is 9.98 Å². The number of rotatable bonds is 5. The van der Waals surface area contributed by atoms with E-state index in [4.69, 9.17) is 9.98 Å². The summed E-state index contributed by atoms with van der Waals surface area (Å²) in [6.45, 7) is 6.33. The number of anilines is 2. The number of aliphatic imine (C=N–C) groups is 2. The molecule has 0 aromatic heterocycles. The first-order valence-electron chi connectivity index (χ1n) is 17.4. The van der Waals surface area contributed by atoms with Crippen LogP contribution < -0.4 is 5.32 Å². The van der Waals surface area contributed by atoms with Crippen molar-refractivity contribution in [1.82, 2.24) is 0 Å². The largest absolute Gasteiger partial charge is 0.354 e. The Balaban J connectivity index is 1.16. The molecule has 0 amide bonds. The first-order valence-corrected chi connectivity index (χ1v) is 17.4. The predicted molar refractivity (Wildman–Crippen MR) is 215 cm³/mol. The van der Waals surface area contributed by atoms with E-state index in [9.17, 15) is 0 Å². The molecule has 3 nitrogen and oxygen atoms in total. The van der Waals surface area contributed by atoms with Gasteiger partial charge in [-0.2, -0.15) is 0 Å². The third kappa shape index (κ3) is 5.50. The fraction of sp³-hybridized carbons (Fsp3) is 0.0417. The number of hydrogen-bond donors (Lipinski definition) is 1. The van der Waals surface area contributed by atoms with Crippen molar-refractivity contribution in [2.24, 2.45) is 9.98 Å². The molecule has 0 spiro atoms. The molecule has 0 radical (unpaired) electrons. The van der Waals surface area contributed by atoms with Crippen LogP contribution in [0.4, 0.5) is 11.4 Å². The maximum absolute atomic E-state index is 5.14. The van der Waals surface area contributed by atoms with Crippen molar-refractivity contribution in [2.45, 2.75) is 13.3 Å². The van der Waals surface area contributed by atoms with Gasteiger partial charge in [0.2, 0.25) is 0 Å². The number of nitrogens with one attached hydrogen (secondary N) is 1. The van der Waals surface area contributed by atoms with Gasteiger partial charge in [0, 0.05) is 33.7 Å². The van der Waals surface area contributed by atoms with Gasteiger partial charge in [-0.05, 0) is 75.5 Å². The van der Waals surface area contributed by atoms with E-state index in [2.05, 4.69) is 122 Å². The molecule has 242 valence electrons. The van der Waals surface area contributed by atoms with Gasteiger partial charge in [-0.3, -0.25) is 0 Å². The van der Waals surface area contributed by atoms with Gasteiger partial charge in [-0.15, -0.1) is 0 Å². The molecular formula is C48H35N3. The van der Waals surface area contributed by atoms with Crippen molar-refractivity contribution in [1.29, 1.82) is 0 Å². The Bertz CT molecular complexity index is 2540. The molecule has 7 aromatic carbocycles.